The molecule has 0 N–H and O–H groups in total. The summed E-state index contributed by atoms with van der Waals surface area (Å²) in [5, 5.41) is 0. The van der Waals surface area contributed by atoms with Gasteiger partial charge in [-0.3, -0.25) is 4.79 Å². The van der Waals surface area contributed by atoms with Gasteiger partial charge in [0.2, 0.25) is 0 Å². The molecule has 0 aromatic heterocycles. The van der Waals surface area contributed by atoms with Crippen molar-refractivity contribution in [3.05, 3.63) is 41.0 Å². The van der Waals surface area contributed by atoms with Crippen molar-refractivity contribution in [2.24, 2.45) is 5.92 Å². The maximum atomic E-state index is 12.0. The lowest BCUT2D eigenvalue weighted by atomic mass is 9.77. The van der Waals surface area contributed by atoms with Crippen LogP contribution in [0.5, 0.6) is 0 Å². The van der Waals surface area contributed by atoms with Crippen LogP contribution in [-0.4, -0.2) is 13.1 Å². The van der Waals surface area contributed by atoms with Gasteiger partial charge in [0.25, 0.3) is 0 Å². The molecule has 18 heavy (non-hydrogen) atoms. The molecule has 2 nitrogen and oxygen atoms in total. The Hall–Kier alpha value is -1.57. The lowest BCUT2D eigenvalue weighted by Crippen LogP contribution is -2.25. The Balaban J connectivity index is 2.55. The van der Waals surface area contributed by atoms with Crippen LogP contribution < -0.4 is 0 Å². The molecule has 0 heterocycles. The summed E-state index contributed by atoms with van der Waals surface area (Å²) in [6.07, 6.45) is 2.65. The minimum atomic E-state index is -0.104. The highest BCUT2D eigenvalue weighted by Gasteiger charge is 2.30. The van der Waals surface area contributed by atoms with Crippen LogP contribution in [0.3, 0.4) is 0 Å². The summed E-state index contributed by atoms with van der Waals surface area (Å²) in [5.41, 5.74) is 5.16. The van der Waals surface area contributed by atoms with E-state index in [4.69, 9.17) is 4.74 Å². The first-order valence-corrected chi connectivity index (χ1v) is 6.60. The van der Waals surface area contributed by atoms with E-state index in [9.17, 15) is 4.79 Å². The first kappa shape index (κ1) is 12.9. The van der Waals surface area contributed by atoms with Gasteiger partial charge in [0.15, 0.2) is 0 Å². The zero-order valence-corrected chi connectivity index (χ0v) is 11.3. The standard InChI is InChI=1S/C16H20O2/c1-4-12-13(5-2)15(16(17)18-3)10-11-8-6-7-9-14(11)12/h6-9,15H,4-5,10H2,1-3H3. The van der Waals surface area contributed by atoms with Crippen molar-refractivity contribution in [2.45, 2.75) is 33.1 Å². The molecule has 0 saturated heterocycles. The number of ether oxygens (including phenoxy) is 1. The molecular weight excluding hydrogens is 224 g/mol. The molecule has 1 unspecified atom stereocenters. The maximum Gasteiger partial charge on any atom is 0.313 e. The number of carbonyl (C=O) groups is 1. The van der Waals surface area contributed by atoms with Crippen molar-refractivity contribution < 1.29 is 9.53 Å². The average molecular weight is 244 g/mol. The van der Waals surface area contributed by atoms with Crippen LogP contribution in [0.1, 0.15) is 37.8 Å². The smallest absolute Gasteiger partial charge is 0.313 e. The molecule has 0 fully saturated rings. The molecule has 0 aliphatic heterocycles. The topological polar surface area (TPSA) is 26.3 Å². The van der Waals surface area contributed by atoms with E-state index in [1.165, 1.54) is 29.4 Å². The minimum Gasteiger partial charge on any atom is -0.469 e. The largest absolute Gasteiger partial charge is 0.469 e. The summed E-state index contributed by atoms with van der Waals surface area (Å²) in [6, 6.07) is 8.39. The molecular formula is C16H20O2. The Morgan fingerprint density at radius 3 is 2.61 bits per heavy atom. The number of methoxy groups -OCH3 is 1. The van der Waals surface area contributed by atoms with Crippen molar-refractivity contribution in [2.75, 3.05) is 7.11 Å². The van der Waals surface area contributed by atoms with Crippen molar-refractivity contribution in [3.63, 3.8) is 0 Å². The fourth-order valence-corrected chi connectivity index (χ4v) is 2.96. The van der Waals surface area contributed by atoms with Gasteiger partial charge in [-0.15, -0.1) is 0 Å². The van der Waals surface area contributed by atoms with Crippen LogP contribution in [0.2, 0.25) is 0 Å². The van der Waals surface area contributed by atoms with E-state index in [1.54, 1.807) is 0 Å². The average Bonchev–Trinajstić information content (AvgIpc) is 2.44. The third-order valence-electron chi connectivity index (χ3n) is 3.79. The van der Waals surface area contributed by atoms with Gasteiger partial charge < -0.3 is 4.74 Å². The monoisotopic (exact) mass is 244 g/mol. The second kappa shape index (κ2) is 5.38. The molecule has 1 aromatic carbocycles. The van der Waals surface area contributed by atoms with Gasteiger partial charge in [-0.25, -0.2) is 0 Å². The van der Waals surface area contributed by atoms with Gasteiger partial charge in [-0.1, -0.05) is 43.7 Å². The van der Waals surface area contributed by atoms with Crippen LogP contribution in [0.4, 0.5) is 0 Å². The molecule has 1 aromatic rings. The van der Waals surface area contributed by atoms with Crippen molar-refractivity contribution in [1.29, 1.82) is 0 Å². The first-order valence-electron chi connectivity index (χ1n) is 6.60. The number of hydrogen-bond acceptors (Lipinski definition) is 2. The number of allylic oxidation sites excluding steroid dienone is 1. The van der Waals surface area contributed by atoms with Gasteiger partial charge in [-0.05, 0) is 36.0 Å². The van der Waals surface area contributed by atoms with Gasteiger partial charge >= 0.3 is 5.97 Å². The Morgan fingerprint density at radius 2 is 2.00 bits per heavy atom. The predicted octanol–water partition coefficient (Wildman–Crippen LogP) is 3.61. The van der Waals surface area contributed by atoms with Crippen molar-refractivity contribution in [3.8, 4) is 0 Å². The van der Waals surface area contributed by atoms with E-state index in [0.29, 0.717) is 0 Å². The Kier molecular flexibility index (Phi) is 3.85. The molecule has 1 aliphatic carbocycles. The fraction of sp³-hybridized carbons (Fsp3) is 0.438. The molecule has 1 aliphatic rings. The number of benzene rings is 1. The van der Waals surface area contributed by atoms with Crippen LogP contribution in [0.25, 0.3) is 5.57 Å². The lowest BCUT2D eigenvalue weighted by Gasteiger charge is -2.28. The van der Waals surface area contributed by atoms with Gasteiger partial charge in [0.1, 0.15) is 0 Å². The lowest BCUT2D eigenvalue weighted by molar-refractivity contribution is -0.144. The highest BCUT2D eigenvalue weighted by molar-refractivity contribution is 5.84. The van der Waals surface area contributed by atoms with Crippen molar-refractivity contribution in [1.82, 2.24) is 0 Å². The van der Waals surface area contributed by atoms with Gasteiger partial charge in [0, 0.05) is 0 Å². The SMILES string of the molecule is CCC1=C(CC)C(C(=O)OC)Cc2ccccc21. The summed E-state index contributed by atoms with van der Waals surface area (Å²) in [4.78, 5) is 12.0. The predicted molar refractivity (Wildman–Crippen MR) is 73.2 cm³/mol. The highest BCUT2D eigenvalue weighted by Crippen LogP contribution is 2.38. The minimum absolute atomic E-state index is 0.0927. The molecule has 2 rings (SSSR count). The molecule has 0 spiro atoms. The van der Waals surface area contributed by atoms with E-state index in [-0.39, 0.29) is 11.9 Å². The molecule has 96 valence electrons. The zero-order valence-electron chi connectivity index (χ0n) is 11.3. The Labute approximate surface area is 109 Å². The van der Waals surface area contributed by atoms with E-state index in [0.717, 1.165) is 19.3 Å². The van der Waals surface area contributed by atoms with E-state index in [2.05, 4.69) is 32.0 Å². The molecule has 0 bridgehead atoms. The quantitative estimate of drug-likeness (QED) is 0.759. The third kappa shape index (κ3) is 2.07. The number of hydrogen-bond donors (Lipinski definition) is 0. The summed E-state index contributed by atoms with van der Waals surface area (Å²) in [5.74, 6) is -0.197. The summed E-state index contributed by atoms with van der Waals surface area (Å²) < 4.78 is 4.96. The second-order valence-corrected chi connectivity index (χ2v) is 4.65. The fourth-order valence-electron chi connectivity index (χ4n) is 2.96. The van der Waals surface area contributed by atoms with Crippen LogP contribution in [0.15, 0.2) is 29.8 Å². The highest BCUT2D eigenvalue weighted by atomic mass is 16.5. The number of rotatable bonds is 3. The van der Waals surface area contributed by atoms with Crippen molar-refractivity contribution >= 4 is 11.5 Å². The van der Waals surface area contributed by atoms with Gasteiger partial charge in [-0.2, -0.15) is 0 Å². The van der Waals surface area contributed by atoms with Crippen LogP contribution in [-0.2, 0) is 16.0 Å². The summed E-state index contributed by atoms with van der Waals surface area (Å²) >= 11 is 0. The molecule has 2 heteroatoms. The second-order valence-electron chi connectivity index (χ2n) is 4.65. The van der Waals surface area contributed by atoms with Crippen LogP contribution in [0, 0.1) is 5.92 Å². The maximum absolute atomic E-state index is 12.0. The van der Waals surface area contributed by atoms with Crippen LogP contribution >= 0.6 is 0 Å². The summed E-state index contributed by atoms with van der Waals surface area (Å²) in [6.45, 7) is 4.27. The zero-order chi connectivity index (χ0) is 13.1. The first-order chi connectivity index (χ1) is 8.72. The Morgan fingerprint density at radius 1 is 1.28 bits per heavy atom. The number of esters is 1. The van der Waals surface area contributed by atoms with E-state index in [1.807, 2.05) is 6.07 Å². The van der Waals surface area contributed by atoms with Gasteiger partial charge in [0.05, 0.1) is 13.0 Å². The third-order valence-corrected chi connectivity index (χ3v) is 3.79. The number of fused-ring (bicyclic) bond motifs is 1. The molecule has 1 atom stereocenters. The Bertz CT molecular complexity index is 486. The molecule has 0 radical (unpaired) electrons. The molecule has 0 saturated carbocycles. The normalized spacial score (nSPS) is 18.5. The number of carbonyl (C=O) groups excluding carboxylic acids is 1. The molecule has 0 amide bonds. The van der Waals surface area contributed by atoms with E-state index >= 15 is 0 Å². The summed E-state index contributed by atoms with van der Waals surface area (Å²) in [7, 11) is 1.47. The van der Waals surface area contributed by atoms with E-state index < -0.39 is 0 Å².